The Hall–Kier alpha value is -3.73. The summed E-state index contributed by atoms with van der Waals surface area (Å²) in [4.78, 5) is 28.0. The second-order valence-corrected chi connectivity index (χ2v) is 8.10. The first kappa shape index (κ1) is 24.9. The number of aromatic nitrogens is 1. The number of carbonyl (C=O) groups excluding carboxylic acids is 2. The van der Waals surface area contributed by atoms with E-state index < -0.39 is 23.7 Å². The highest BCUT2D eigenvalue weighted by atomic mass is 35.5. The van der Waals surface area contributed by atoms with Gasteiger partial charge < -0.3 is 25.8 Å². The lowest BCUT2D eigenvalue weighted by Gasteiger charge is -2.28. The van der Waals surface area contributed by atoms with Crippen molar-refractivity contribution in [1.82, 2.24) is 10.3 Å². The van der Waals surface area contributed by atoms with Crippen LogP contribution in [0.2, 0.25) is 5.02 Å². The number of hydrogen-bond donors (Lipinski definition) is 3. The van der Waals surface area contributed by atoms with E-state index in [1.165, 1.54) is 37.6 Å². The zero-order valence-corrected chi connectivity index (χ0v) is 19.0. The van der Waals surface area contributed by atoms with E-state index in [1.807, 2.05) is 5.32 Å². The highest BCUT2D eigenvalue weighted by molar-refractivity contribution is 6.33. The normalized spacial score (nSPS) is 11.7. The van der Waals surface area contributed by atoms with Gasteiger partial charge in [-0.25, -0.2) is 4.79 Å². The summed E-state index contributed by atoms with van der Waals surface area (Å²) < 4.78 is 50.0. The molecule has 8 nitrogen and oxygen atoms in total. The first-order chi connectivity index (χ1) is 15.8. The van der Waals surface area contributed by atoms with Crippen molar-refractivity contribution in [3.05, 3.63) is 53.2 Å². The summed E-state index contributed by atoms with van der Waals surface area (Å²) in [6.45, 7) is 1.67. The van der Waals surface area contributed by atoms with Crippen LogP contribution in [0.25, 0.3) is 10.9 Å². The lowest BCUT2D eigenvalue weighted by molar-refractivity contribution is -0.182. The maximum atomic E-state index is 13.0. The van der Waals surface area contributed by atoms with E-state index in [2.05, 4.69) is 10.3 Å². The molecular weight excluding hydrogens is 477 g/mol. The number of nitrogens with zero attached hydrogens (tertiary/aromatic N) is 1. The van der Waals surface area contributed by atoms with Crippen molar-refractivity contribution in [3.63, 3.8) is 0 Å². The molecule has 0 saturated heterocycles. The molecule has 0 aliphatic rings. The van der Waals surface area contributed by atoms with Crippen molar-refractivity contribution in [2.75, 3.05) is 12.4 Å². The Morgan fingerprint density at radius 2 is 1.79 bits per heavy atom. The van der Waals surface area contributed by atoms with E-state index >= 15 is 0 Å². The van der Waals surface area contributed by atoms with Crippen molar-refractivity contribution in [2.45, 2.75) is 25.6 Å². The second kappa shape index (κ2) is 9.26. The molecular formula is C22H20ClF3N4O4. The van der Waals surface area contributed by atoms with E-state index in [1.54, 1.807) is 12.1 Å². The average Bonchev–Trinajstić information content (AvgIpc) is 2.73. The number of rotatable bonds is 6. The molecule has 0 aliphatic heterocycles. The lowest BCUT2D eigenvalue weighted by atomic mass is 10.1. The van der Waals surface area contributed by atoms with Gasteiger partial charge in [0.25, 0.3) is 5.91 Å². The minimum Gasteiger partial charge on any atom is -0.496 e. The Kier molecular flexibility index (Phi) is 6.78. The molecule has 0 bridgehead atoms. The van der Waals surface area contributed by atoms with Crippen LogP contribution in [-0.4, -0.2) is 35.7 Å². The fourth-order valence-electron chi connectivity index (χ4n) is 2.89. The molecule has 3 rings (SSSR count). The number of benzene rings is 2. The van der Waals surface area contributed by atoms with Crippen molar-refractivity contribution in [1.29, 1.82) is 0 Å². The molecule has 1 heterocycles. The predicted molar refractivity (Wildman–Crippen MR) is 121 cm³/mol. The predicted octanol–water partition coefficient (Wildman–Crippen LogP) is 5.25. The summed E-state index contributed by atoms with van der Waals surface area (Å²) in [5.41, 5.74) is 3.67. The van der Waals surface area contributed by atoms with Crippen LogP contribution >= 0.6 is 11.6 Å². The Morgan fingerprint density at radius 3 is 2.38 bits per heavy atom. The quantitative estimate of drug-likeness (QED) is 0.431. The summed E-state index contributed by atoms with van der Waals surface area (Å²) in [7, 11) is 1.40. The van der Waals surface area contributed by atoms with Gasteiger partial charge in [-0.05, 0) is 38.1 Å². The Bertz CT molecular complexity index is 1260. The molecule has 0 spiro atoms. The number of fused-ring (bicyclic) bond motifs is 1. The number of nitrogens with one attached hydrogen (secondary N) is 2. The fraction of sp³-hybridized carbons (Fsp3) is 0.227. The number of ether oxygens (including phenoxy) is 2. The lowest BCUT2D eigenvalue weighted by Crippen LogP contribution is -2.55. The molecule has 0 fully saturated rings. The number of carbonyl (C=O) groups is 2. The van der Waals surface area contributed by atoms with Gasteiger partial charge in [-0.3, -0.25) is 9.78 Å². The summed E-state index contributed by atoms with van der Waals surface area (Å²) in [6, 6.07) is 7.72. The number of nitrogens with two attached hydrogens (primary N) is 1. The van der Waals surface area contributed by atoms with Gasteiger partial charge in [-0.1, -0.05) is 11.6 Å². The third-order valence-electron chi connectivity index (χ3n) is 4.84. The molecule has 0 radical (unpaired) electrons. The minimum absolute atomic E-state index is 0.0234. The van der Waals surface area contributed by atoms with Crippen LogP contribution < -0.4 is 25.8 Å². The zero-order valence-electron chi connectivity index (χ0n) is 18.2. The van der Waals surface area contributed by atoms with Gasteiger partial charge in [-0.15, -0.1) is 0 Å². The van der Waals surface area contributed by atoms with Crippen LogP contribution in [-0.2, 0) is 0 Å². The van der Waals surface area contributed by atoms with E-state index in [0.29, 0.717) is 16.7 Å². The number of amides is 3. The van der Waals surface area contributed by atoms with E-state index in [0.717, 1.165) is 13.8 Å². The molecule has 3 amide bonds. The van der Waals surface area contributed by atoms with Gasteiger partial charge in [-0.2, -0.15) is 13.2 Å². The number of halogens is 4. The summed E-state index contributed by atoms with van der Waals surface area (Å²) in [5.74, 6) is 0.154. The summed E-state index contributed by atoms with van der Waals surface area (Å²) >= 11 is 6.19. The first-order valence-corrected chi connectivity index (χ1v) is 10.1. The number of urea groups is 1. The highest BCUT2D eigenvalue weighted by Gasteiger charge is 2.48. The molecule has 0 aliphatic carbocycles. The van der Waals surface area contributed by atoms with Crippen LogP contribution in [0.3, 0.4) is 0 Å². The molecule has 0 unspecified atom stereocenters. The van der Waals surface area contributed by atoms with Crippen LogP contribution in [0.5, 0.6) is 17.2 Å². The first-order valence-electron chi connectivity index (χ1n) is 9.72. The molecule has 3 aromatic rings. The highest BCUT2D eigenvalue weighted by Crippen LogP contribution is 2.35. The molecule has 4 N–H and O–H groups in total. The van der Waals surface area contributed by atoms with Crippen molar-refractivity contribution >= 4 is 40.1 Å². The van der Waals surface area contributed by atoms with Gasteiger partial charge in [0.1, 0.15) is 22.8 Å². The molecule has 0 saturated carbocycles. The van der Waals surface area contributed by atoms with Crippen molar-refractivity contribution in [2.24, 2.45) is 5.73 Å². The molecule has 12 heteroatoms. The SMILES string of the molecule is COc1cc2nccc(Oc3ccc(NC(=O)NC(C)(C)C(F)(F)F)c(Cl)c3)c2cc1C(N)=O. The maximum Gasteiger partial charge on any atom is 0.411 e. The van der Waals surface area contributed by atoms with Gasteiger partial charge >= 0.3 is 12.2 Å². The topological polar surface area (TPSA) is 116 Å². The molecule has 34 heavy (non-hydrogen) atoms. The third-order valence-corrected chi connectivity index (χ3v) is 5.15. The maximum absolute atomic E-state index is 13.0. The van der Waals surface area contributed by atoms with E-state index in [4.69, 9.17) is 26.8 Å². The number of methoxy groups -OCH3 is 1. The van der Waals surface area contributed by atoms with Crippen molar-refractivity contribution in [3.8, 4) is 17.2 Å². The minimum atomic E-state index is -4.64. The van der Waals surface area contributed by atoms with E-state index in [9.17, 15) is 22.8 Å². The zero-order chi connectivity index (χ0) is 25.3. The van der Waals surface area contributed by atoms with Gasteiger partial charge in [0, 0.05) is 23.7 Å². The monoisotopic (exact) mass is 496 g/mol. The van der Waals surface area contributed by atoms with Crippen LogP contribution in [0.4, 0.5) is 23.7 Å². The standard InChI is InChI=1S/C22H20ClF3N4O4/c1-21(2,22(24,25)26)30-20(32)29-15-5-4-11(8-14(15)23)34-17-6-7-28-16-10-18(33-3)13(19(27)31)9-12(16)17/h4-10H,1-3H3,(H2,27,31)(H2,29,30,32). The molecule has 180 valence electrons. The number of anilines is 1. The molecule has 1 aromatic heterocycles. The number of pyridine rings is 1. The van der Waals surface area contributed by atoms with E-state index in [-0.39, 0.29) is 27.8 Å². The Balaban J connectivity index is 1.84. The summed E-state index contributed by atoms with van der Waals surface area (Å²) in [6.07, 6.45) is -3.15. The van der Waals surface area contributed by atoms with Crippen LogP contribution in [0, 0.1) is 0 Å². The summed E-state index contributed by atoms with van der Waals surface area (Å²) in [5, 5.41) is 4.63. The van der Waals surface area contributed by atoms with Crippen LogP contribution in [0.1, 0.15) is 24.2 Å². The van der Waals surface area contributed by atoms with Gasteiger partial charge in [0.15, 0.2) is 0 Å². The smallest absolute Gasteiger partial charge is 0.411 e. The fourth-order valence-corrected chi connectivity index (χ4v) is 3.11. The van der Waals surface area contributed by atoms with Gasteiger partial charge in [0.2, 0.25) is 0 Å². The third kappa shape index (κ3) is 5.25. The Morgan fingerprint density at radius 1 is 1.09 bits per heavy atom. The average molecular weight is 497 g/mol. The number of primary amides is 1. The largest absolute Gasteiger partial charge is 0.496 e. The van der Waals surface area contributed by atoms with Crippen LogP contribution in [0.15, 0.2) is 42.6 Å². The Labute approximate surface area is 197 Å². The van der Waals surface area contributed by atoms with Crippen molar-refractivity contribution < 1.29 is 32.2 Å². The van der Waals surface area contributed by atoms with Gasteiger partial charge in [0.05, 0.1) is 28.9 Å². The second-order valence-electron chi connectivity index (χ2n) is 7.69. The number of hydrogen-bond acceptors (Lipinski definition) is 5. The number of alkyl halides is 3. The molecule has 0 atom stereocenters. The molecule has 2 aromatic carbocycles.